The SMILES string of the molecule is NC(=O)CCN(Cc1ccccc1)C(=O)/C=C/c1ccc(Oc2cccnc2)c(F)c1. The van der Waals surface area contributed by atoms with E-state index < -0.39 is 11.7 Å². The number of carbonyl (C=O) groups excluding carboxylic acids is 2. The van der Waals surface area contributed by atoms with Crippen molar-refractivity contribution in [1.29, 1.82) is 0 Å². The zero-order valence-electron chi connectivity index (χ0n) is 16.8. The fraction of sp³-hybridized carbons (Fsp3) is 0.125. The molecule has 2 aromatic carbocycles. The monoisotopic (exact) mass is 419 g/mol. The van der Waals surface area contributed by atoms with Crippen molar-refractivity contribution >= 4 is 17.9 Å². The number of amides is 2. The number of nitrogens with zero attached hydrogens (tertiary/aromatic N) is 2. The highest BCUT2D eigenvalue weighted by molar-refractivity contribution is 5.92. The van der Waals surface area contributed by atoms with Crippen molar-refractivity contribution in [2.45, 2.75) is 13.0 Å². The molecule has 0 fully saturated rings. The third-order valence-corrected chi connectivity index (χ3v) is 4.39. The molecule has 0 bridgehead atoms. The van der Waals surface area contributed by atoms with Crippen molar-refractivity contribution < 1.29 is 18.7 Å². The van der Waals surface area contributed by atoms with Crippen LogP contribution >= 0.6 is 0 Å². The van der Waals surface area contributed by atoms with Crippen LogP contribution in [0.4, 0.5) is 4.39 Å². The first kappa shape index (κ1) is 21.7. The van der Waals surface area contributed by atoms with Crippen molar-refractivity contribution in [3.8, 4) is 11.5 Å². The van der Waals surface area contributed by atoms with Gasteiger partial charge in [0.15, 0.2) is 11.6 Å². The number of carbonyl (C=O) groups is 2. The Morgan fingerprint density at radius 1 is 1.10 bits per heavy atom. The molecule has 0 saturated carbocycles. The molecule has 1 heterocycles. The Kier molecular flexibility index (Phi) is 7.48. The predicted octanol–water partition coefficient (Wildman–Crippen LogP) is 3.93. The average Bonchev–Trinajstić information content (AvgIpc) is 2.78. The summed E-state index contributed by atoms with van der Waals surface area (Å²) in [4.78, 5) is 29.3. The van der Waals surface area contributed by atoms with Crippen LogP contribution in [0, 0.1) is 5.82 Å². The van der Waals surface area contributed by atoms with Crippen LogP contribution in [0.3, 0.4) is 0 Å². The van der Waals surface area contributed by atoms with E-state index in [9.17, 15) is 14.0 Å². The molecule has 0 saturated heterocycles. The number of hydrogen-bond donors (Lipinski definition) is 1. The lowest BCUT2D eigenvalue weighted by molar-refractivity contribution is -0.127. The number of ether oxygens (including phenoxy) is 1. The summed E-state index contributed by atoms with van der Waals surface area (Å²) < 4.78 is 19.9. The molecule has 0 aliphatic carbocycles. The smallest absolute Gasteiger partial charge is 0.246 e. The van der Waals surface area contributed by atoms with Crippen LogP contribution in [-0.4, -0.2) is 28.2 Å². The molecule has 7 heteroatoms. The number of aromatic nitrogens is 1. The summed E-state index contributed by atoms with van der Waals surface area (Å²) in [7, 11) is 0. The molecule has 6 nitrogen and oxygen atoms in total. The highest BCUT2D eigenvalue weighted by Gasteiger charge is 2.13. The van der Waals surface area contributed by atoms with Gasteiger partial charge in [0.2, 0.25) is 11.8 Å². The minimum Gasteiger partial charge on any atom is -0.453 e. The van der Waals surface area contributed by atoms with Crippen molar-refractivity contribution in [2.75, 3.05) is 6.54 Å². The third kappa shape index (κ3) is 6.78. The van der Waals surface area contributed by atoms with Gasteiger partial charge in [0.05, 0.1) is 6.20 Å². The number of benzene rings is 2. The van der Waals surface area contributed by atoms with Crippen LogP contribution < -0.4 is 10.5 Å². The number of primary amides is 1. The lowest BCUT2D eigenvalue weighted by Gasteiger charge is -2.20. The minimum absolute atomic E-state index is 0.0570. The first-order valence-electron chi connectivity index (χ1n) is 9.68. The Labute approximate surface area is 179 Å². The summed E-state index contributed by atoms with van der Waals surface area (Å²) in [5, 5.41) is 0. The Morgan fingerprint density at radius 3 is 2.58 bits per heavy atom. The quantitative estimate of drug-likeness (QED) is 0.533. The lowest BCUT2D eigenvalue weighted by Crippen LogP contribution is -2.32. The predicted molar refractivity (Wildman–Crippen MR) is 115 cm³/mol. The molecule has 3 rings (SSSR count). The van der Waals surface area contributed by atoms with Gasteiger partial charge in [-0.25, -0.2) is 4.39 Å². The molecule has 31 heavy (non-hydrogen) atoms. The zero-order valence-corrected chi connectivity index (χ0v) is 16.8. The summed E-state index contributed by atoms with van der Waals surface area (Å²) >= 11 is 0. The summed E-state index contributed by atoms with van der Waals surface area (Å²) in [6.45, 7) is 0.531. The number of halogens is 1. The van der Waals surface area contributed by atoms with Crippen LogP contribution in [-0.2, 0) is 16.1 Å². The van der Waals surface area contributed by atoms with Crippen LogP contribution in [0.1, 0.15) is 17.5 Å². The van der Waals surface area contributed by atoms with Gasteiger partial charge in [0, 0.05) is 31.8 Å². The van der Waals surface area contributed by atoms with E-state index in [2.05, 4.69) is 4.98 Å². The van der Waals surface area contributed by atoms with Gasteiger partial charge in [-0.3, -0.25) is 14.6 Å². The van der Waals surface area contributed by atoms with E-state index in [1.807, 2.05) is 30.3 Å². The summed E-state index contributed by atoms with van der Waals surface area (Å²) in [6.07, 6.45) is 6.00. The van der Waals surface area contributed by atoms with Crippen molar-refractivity contribution in [3.05, 3.63) is 96.1 Å². The summed E-state index contributed by atoms with van der Waals surface area (Å²) in [5.41, 5.74) is 6.66. The molecule has 3 aromatic rings. The maximum atomic E-state index is 14.4. The van der Waals surface area contributed by atoms with Gasteiger partial charge < -0.3 is 15.4 Å². The third-order valence-electron chi connectivity index (χ3n) is 4.39. The van der Waals surface area contributed by atoms with Crippen LogP contribution in [0.5, 0.6) is 11.5 Å². The molecule has 1 aromatic heterocycles. The van der Waals surface area contributed by atoms with Gasteiger partial charge in [-0.05, 0) is 41.5 Å². The van der Waals surface area contributed by atoms with Crippen LogP contribution in [0.2, 0.25) is 0 Å². The lowest BCUT2D eigenvalue weighted by atomic mass is 10.1. The van der Waals surface area contributed by atoms with Gasteiger partial charge in [0.1, 0.15) is 5.75 Å². The van der Waals surface area contributed by atoms with E-state index in [0.29, 0.717) is 17.9 Å². The first-order chi connectivity index (χ1) is 15.0. The standard InChI is InChI=1S/C24H22FN3O3/c25-21-15-18(8-10-22(21)31-20-7-4-13-27-16-20)9-11-24(30)28(14-12-23(26)29)17-19-5-2-1-3-6-19/h1-11,13,15-16H,12,14,17H2,(H2,26,29)/b11-9+. The molecular formula is C24H22FN3O3. The normalized spacial score (nSPS) is 10.7. The second-order valence-corrected chi connectivity index (χ2v) is 6.78. The Hall–Kier alpha value is -4.00. The maximum Gasteiger partial charge on any atom is 0.246 e. The van der Waals surface area contributed by atoms with E-state index in [0.717, 1.165) is 5.56 Å². The Bertz CT molecular complexity index is 1060. The Morgan fingerprint density at radius 2 is 1.90 bits per heavy atom. The van der Waals surface area contributed by atoms with Gasteiger partial charge >= 0.3 is 0 Å². The van der Waals surface area contributed by atoms with Crippen molar-refractivity contribution in [3.63, 3.8) is 0 Å². The topological polar surface area (TPSA) is 85.5 Å². The fourth-order valence-corrected chi connectivity index (χ4v) is 2.83. The molecule has 0 atom stereocenters. The van der Waals surface area contributed by atoms with Crippen LogP contribution in [0.15, 0.2) is 79.1 Å². The van der Waals surface area contributed by atoms with Crippen molar-refractivity contribution in [1.82, 2.24) is 9.88 Å². The molecule has 0 aliphatic heterocycles. The second kappa shape index (κ2) is 10.7. The number of pyridine rings is 1. The zero-order chi connectivity index (χ0) is 22.1. The fourth-order valence-electron chi connectivity index (χ4n) is 2.83. The van der Waals surface area contributed by atoms with E-state index in [1.54, 1.807) is 24.4 Å². The molecule has 2 amide bonds. The molecule has 158 valence electrons. The van der Waals surface area contributed by atoms with Crippen molar-refractivity contribution in [2.24, 2.45) is 5.73 Å². The average molecular weight is 419 g/mol. The number of rotatable bonds is 9. The molecule has 0 spiro atoms. The number of nitrogens with two attached hydrogens (primary N) is 1. The van der Waals surface area contributed by atoms with Crippen LogP contribution in [0.25, 0.3) is 6.08 Å². The first-order valence-corrected chi connectivity index (χ1v) is 9.68. The summed E-state index contributed by atoms with van der Waals surface area (Å²) in [6, 6.07) is 17.2. The molecule has 0 aliphatic rings. The number of hydrogen-bond acceptors (Lipinski definition) is 4. The molecule has 2 N–H and O–H groups in total. The molecule has 0 unspecified atom stereocenters. The minimum atomic E-state index is -0.562. The Balaban J connectivity index is 1.69. The van der Waals surface area contributed by atoms with Gasteiger partial charge in [-0.1, -0.05) is 36.4 Å². The maximum absolute atomic E-state index is 14.4. The highest BCUT2D eigenvalue weighted by atomic mass is 19.1. The highest BCUT2D eigenvalue weighted by Crippen LogP contribution is 2.25. The van der Waals surface area contributed by atoms with E-state index >= 15 is 0 Å². The largest absolute Gasteiger partial charge is 0.453 e. The van der Waals surface area contributed by atoms with E-state index in [-0.39, 0.29) is 24.6 Å². The van der Waals surface area contributed by atoms with Gasteiger partial charge in [-0.15, -0.1) is 0 Å². The van der Waals surface area contributed by atoms with Gasteiger partial charge in [0.25, 0.3) is 0 Å². The van der Waals surface area contributed by atoms with E-state index in [1.165, 1.54) is 35.4 Å². The molecular weight excluding hydrogens is 397 g/mol. The summed E-state index contributed by atoms with van der Waals surface area (Å²) in [5.74, 6) is -0.870. The molecule has 0 radical (unpaired) electrons. The second-order valence-electron chi connectivity index (χ2n) is 6.78. The van der Waals surface area contributed by atoms with E-state index in [4.69, 9.17) is 10.5 Å². The van der Waals surface area contributed by atoms with Gasteiger partial charge in [-0.2, -0.15) is 0 Å².